The summed E-state index contributed by atoms with van der Waals surface area (Å²) < 4.78 is 0. The summed E-state index contributed by atoms with van der Waals surface area (Å²) in [5.74, 6) is -0.234. The molecule has 0 radical (unpaired) electrons. The fourth-order valence-electron chi connectivity index (χ4n) is 3.21. The second-order valence-corrected chi connectivity index (χ2v) is 6.87. The number of likely N-dealkylation sites (N-methyl/N-ethyl adjacent to an activating group) is 1. The molecule has 1 aromatic rings. The van der Waals surface area contributed by atoms with Crippen LogP contribution < -0.4 is 5.32 Å². The van der Waals surface area contributed by atoms with Crippen molar-refractivity contribution in [1.82, 2.24) is 15.1 Å². The summed E-state index contributed by atoms with van der Waals surface area (Å²) in [5.41, 5.74) is 0.574. The van der Waals surface area contributed by atoms with Crippen molar-refractivity contribution in [2.75, 3.05) is 20.1 Å². The summed E-state index contributed by atoms with van der Waals surface area (Å²) in [6.07, 6.45) is 1.97. The molecule has 132 valence electrons. The van der Waals surface area contributed by atoms with Gasteiger partial charge in [0.2, 0.25) is 5.91 Å². The normalized spacial score (nSPS) is 17.5. The van der Waals surface area contributed by atoms with Gasteiger partial charge < -0.3 is 15.1 Å². The van der Waals surface area contributed by atoms with Crippen LogP contribution in [0.1, 0.15) is 44.0 Å². The molecule has 0 aliphatic carbocycles. The van der Waals surface area contributed by atoms with Crippen LogP contribution >= 0.6 is 0 Å². The van der Waals surface area contributed by atoms with Gasteiger partial charge in [0.05, 0.1) is 0 Å². The van der Waals surface area contributed by atoms with Crippen molar-refractivity contribution < 1.29 is 9.59 Å². The molecule has 0 spiro atoms. The molecule has 1 aliphatic rings. The molecule has 1 N–H and O–H groups in total. The molecule has 1 aromatic carbocycles. The first-order valence-corrected chi connectivity index (χ1v) is 8.76. The summed E-state index contributed by atoms with van der Waals surface area (Å²) in [6, 6.07) is 9.27. The van der Waals surface area contributed by atoms with Crippen molar-refractivity contribution >= 4 is 11.8 Å². The van der Waals surface area contributed by atoms with E-state index in [2.05, 4.69) is 24.1 Å². The van der Waals surface area contributed by atoms with Crippen LogP contribution in [0.2, 0.25) is 0 Å². The maximum atomic E-state index is 12.6. The second kappa shape index (κ2) is 8.29. The van der Waals surface area contributed by atoms with Gasteiger partial charge in [0.25, 0.3) is 5.91 Å². The number of amides is 2. The lowest BCUT2D eigenvalue weighted by Crippen LogP contribution is -2.52. The number of nitrogens with one attached hydrogen (secondary N) is 1. The number of hydrogen-bond donors (Lipinski definition) is 1. The molecule has 24 heavy (non-hydrogen) atoms. The fraction of sp³-hybridized carbons (Fsp3) is 0.579. The SMILES string of the molecule is CC(NC(=O)c1ccccc1)C(=O)N(C)C1CCN(C(C)C)CC1. The van der Waals surface area contributed by atoms with Gasteiger partial charge in [-0.25, -0.2) is 0 Å². The minimum atomic E-state index is -0.522. The van der Waals surface area contributed by atoms with Crippen LogP contribution in [0.3, 0.4) is 0 Å². The van der Waals surface area contributed by atoms with Gasteiger partial charge in [-0.15, -0.1) is 0 Å². The number of carbonyl (C=O) groups excluding carboxylic acids is 2. The lowest BCUT2D eigenvalue weighted by atomic mass is 10.0. The van der Waals surface area contributed by atoms with Gasteiger partial charge >= 0.3 is 0 Å². The van der Waals surface area contributed by atoms with Crippen LogP contribution in [-0.4, -0.2) is 59.9 Å². The van der Waals surface area contributed by atoms with Gasteiger partial charge in [-0.2, -0.15) is 0 Å². The summed E-state index contributed by atoms with van der Waals surface area (Å²) in [4.78, 5) is 29.1. The third kappa shape index (κ3) is 4.57. The minimum absolute atomic E-state index is 0.0257. The number of hydrogen-bond acceptors (Lipinski definition) is 3. The molecule has 1 atom stereocenters. The molecule has 1 heterocycles. The van der Waals surface area contributed by atoms with E-state index in [4.69, 9.17) is 0 Å². The predicted molar refractivity (Wildman–Crippen MR) is 95.9 cm³/mol. The highest BCUT2D eigenvalue weighted by Gasteiger charge is 2.29. The highest BCUT2D eigenvalue weighted by Crippen LogP contribution is 2.18. The quantitative estimate of drug-likeness (QED) is 0.899. The maximum Gasteiger partial charge on any atom is 0.251 e. The molecule has 2 amide bonds. The predicted octanol–water partition coefficient (Wildman–Crippen LogP) is 2.14. The zero-order chi connectivity index (χ0) is 17.7. The Bertz CT molecular complexity index is 551. The van der Waals surface area contributed by atoms with Gasteiger partial charge in [0.15, 0.2) is 0 Å². The second-order valence-electron chi connectivity index (χ2n) is 6.87. The smallest absolute Gasteiger partial charge is 0.251 e. The first-order valence-electron chi connectivity index (χ1n) is 8.76. The van der Waals surface area contributed by atoms with Crippen molar-refractivity contribution in [1.29, 1.82) is 0 Å². The minimum Gasteiger partial charge on any atom is -0.341 e. The monoisotopic (exact) mass is 331 g/mol. The molecule has 1 aliphatic heterocycles. The summed E-state index contributed by atoms with van der Waals surface area (Å²) >= 11 is 0. The van der Waals surface area contributed by atoms with E-state index >= 15 is 0 Å². The largest absolute Gasteiger partial charge is 0.341 e. The van der Waals surface area contributed by atoms with E-state index in [9.17, 15) is 9.59 Å². The molecule has 5 nitrogen and oxygen atoms in total. The zero-order valence-corrected chi connectivity index (χ0v) is 15.2. The summed E-state index contributed by atoms with van der Waals surface area (Å²) in [6.45, 7) is 8.20. The third-order valence-electron chi connectivity index (χ3n) is 4.88. The Balaban J connectivity index is 1.87. The van der Waals surface area contributed by atoms with Crippen molar-refractivity contribution in [3.8, 4) is 0 Å². The molecule has 0 bridgehead atoms. The van der Waals surface area contributed by atoms with Crippen LogP contribution in [0.4, 0.5) is 0 Å². The van der Waals surface area contributed by atoms with Gasteiger partial charge in [0, 0.05) is 37.8 Å². The summed E-state index contributed by atoms with van der Waals surface area (Å²) in [5, 5.41) is 2.80. The Kier molecular flexibility index (Phi) is 6.37. The average Bonchev–Trinajstić information content (AvgIpc) is 2.61. The van der Waals surface area contributed by atoms with Crippen LogP contribution in [0, 0.1) is 0 Å². The highest BCUT2D eigenvalue weighted by molar-refractivity contribution is 5.97. The molecule has 1 fully saturated rings. The van der Waals surface area contributed by atoms with E-state index < -0.39 is 6.04 Å². The van der Waals surface area contributed by atoms with Crippen molar-refractivity contribution in [2.24, 2.45) is 0 Å². The first kappa shape index (κ1) is 18.5. The fourth-order valence-corrected chi connectivity index (χ4v) is 3.21. The lowest BCUT2D eigenvalue weighted by molar-refractivity contribution is -0.134. The molecule has 0 aromatic heterocycles. The standard InChI is InChI=1S/C19H29N3O2/c1-14(2)22-12-10-17(11-13-22)21(4)19(24)15(3)20-18(23)16-8-6-5-7-9-16/h5-9,14-15,17H,10-13H2,1-4H3,(H,20,23). The molecule has 0 saturated carbocycles. The van der Waals surface area contributed by atoms with E-state index in [0.29, 0.717) is 11.6 Å². The number of piperidine rings is 1. The van der Waals surface area contributed by atoms with E-state index in [0.717, 1.165) is 25.9 Å². The van der Waals surface area contributed by atoms with Gasteiger partial charge in [-0.05, 0) is 45.7 Å². The van der Waals surface area contributed by atoms with E-state index in [1.807, 2.05) is 30.1 Å². The van der Waals surface area contributed by atoms with E-state index in [1.54, 1.807) is 19.1 Å². The molecule has 5 heteroatoms. The molecular formula is C19H29N3O2. The Morgan fingerprint density at radius 2 is 1.71 bits per heavy atom. The molecule has 1 unspecified atom stereocenters. The zero-order valence-electron chi connectivity index (χ0n) is 15.2. The van der Waals surface area contributed by atoms with Crippen LogP contribution in [0.5, 0.6) is 0 Å². The number of benzene rings is 1. The molecular weight excluding hydrogens is 302 g/mol. The Morgan fingerprint density at radius 1 is 1.12 bits per heavy atom. The Labute approximate surface area is 145 Å². The van der Waals surface area contributed by atoms with Crippen LogP contribution in [0.15, 0.2) is 30.3 Å². The number of likely N-dealkylation sites (tertiary alicyclic amines) is 1. The maximum absolute atomic E-state index is 12.6. The molecule has 1 saturated heterocycles. The number of rotatable bonds is 5. The van der Waals surface area contributed by atoms with Gasteiger partial charge in [0.1, 0.15) is 6.04 Å². The van der Waals surface area contributed by atoms with Crippen molar-refractivity contribution in [2.45, 2.75) is 51.7 Å². The van der Waals surface area contributed by atoms with E-state index in [1.165, 1.54) is 0 Å². The topological polar surface area (TPSA) is 52.7 Å². The summed E-state index contributed by atoms with van der Waals surface area (Å²) in [7, 11) is 1.85. The Hall–Kier alpha value is -1.88. The molecule has 2 rings (SSSR count). The average molecular weight is 331 g/mol. The number of nitrogens with zero attached hydrogens (tertiary/aromatic N) is 2. The van der Waals surface area contributed by atoms with Crippen LogP contribution in [0.25, 0.3) is 0 Å². The van der Waals surface area contributed by atoms with Gasteiger partial charge in [-0.3, -0.25) is 9.59 Å². The van der Waals surface area contributed by atoms with Crippen molar-refractivity contribution in [3.05, 3.63) is 35.9 Å². The highest BCUT2D eigenvalue weighted by atomic mass is 16.2. The lowest BCUT2D eigenvalue weighted by Gasteiger charge is -2.39. The van der Waals surface area contributed by atoms with Crippen molar-refractivity contribution in [3.63, 3.8) is 0 Å². The van der Waals surface area contributed by atoms with Gasteiger partial charge in [-0.1, -0.05) is 18.2 Å². The third-order valence-corrected chi connectivity index (χ3v) is 4.88. The Morgan fingerprint density at radius 3 is 2.25 bits per heavy atom. The van der Waals surface area contributed by atoms with E-state index in [-0.39, 0.29) is 17.9 Å². The first-order chi connectivity index (χ1) is 11.4. The van der Waals surface area contributed by atoms with Crippen LogP contribution in [-0.2, 0) is 4.79 Å². The number of carbonyl (C=O) groups is 2.